The zero-order chi connectivity index (χ0) is 17.2. The second kappa shape index (κ2) is 10.1. The summed E-state index contributed by atoms with van der Waals surface area (Å²) in [4.78, 5) is 23.6. The minimum atomic E-state index is -0.154. The summed E-state index contributed by atoms with van der Waals surface area (Å²) in [6.45, 7) is 0.627. The van der Waals surface area contributed by atoms with Crippen LogP contribution in [0.1, 0.15) is 49.7 Å². The van der Waals surface area contributed by atoms with Gasteiger partial charge in [-0.2, -0.15) is 0 Å². The molecule has 1 aliphatic rings. The van der Waals surface area contributed by atoms with Gasteiger partial charge in [-0.25, -0.2) is 0 Å². The molecule has 2 amide bonds. The van der Waals surface area contributed by atoms with Gasteiger partial charge in [0.25, 0.3) is 0 Å². The Morgan fingerprint density at radius 3 is 2.29 bits per heavy atom. The highest BCUT2D eigenvalue weighted by Gasteiger charge is 2.17. The Balaban J connectivity index is 1.57. The lowest BCUT2D eigenvalue weighted by molar-refractivity contribution is -0.126. The van der Waals surface area contributed by atoms with Crippen molar-refractivity contribution in [2.75, 3.05) is 13.1 Å². The van der Waals surface area contributed by atoms with Gasteiger partial charge in [-0.15, -0.1) is 0 Å². The van der Waals surface area contributed by atoms with E-state index in [9.17, 15) is 9.59 Å². The van der Waals surface area contributed by atoms with E-state index in [1.165, 1.54) is 19.3 Å². The molecule has 0 bridgehead atoms. The maximum absolute atomic E-state index is 11.9. The summed E-state index contributed by atoms with van der Waals surface area (Å²) >= 11 is 0. The third kappa shape index (κ3) is 6.71. The summed E-state index contributed by atoms with van der Waals surface area (Å²) in [7, 11) is 0. The van der Waals surface area contributed by atoms with Crippen molar-refractivity contribution in [2.24, 2.45) is 5.92 Å². The molecule has 1 fully saturated rings. The summed E-state index contributed by atoms with van der Waals surface area (Å²) in [5.74, 6) is 0.319. The number of rotatable bonds is 8. The third-order valence-electron chi connectivity index (χ3n) is 4.59. The SMILES string of the molecule is O=C(CNC(=O)CC1CCCCC1)NCCc1ccc(CO)cc1. The van der Waals surface area contributed by atoms with Gasteiger partial charge in [0.1, 0.15) is 0 Å². The fraction of sp³-hybridized carbons (Fsp3) is 0.579. The summed E-state index contributed by atoms with van der Waals surface area (Å²) in [6.07, 6.45) is 7.26. The molecule has 5 heteroatoms. The smallest absolute Gasteiger partial charge is 0.239 e. The molecule has 0 spiro atoms. The monoisotopic (exact) mass is 332 g/mol. The van der Waals surface area contributed by atoms with Crippen molar-refractivity contribution < 1.29 is 14.7 Å². The highest BCUT2D eigenvalue weighted by Crippen LogP contribution is 2.25. The lowest BCUT2D eigenvalue weighted by Gasteiger charge is -2.20. The molecule has 3 N–H and O–H groups in total. The molecule has 1 saturated carbocycles. The maximum atomic E-state index is 11.9. The number of amides is 2. The van der Waals surface area contributed by atoms with Crippen LogP contribution in [-0.4, -0.2) is 30.0 Å². The van der Waals surface area contributed by atoms with Gasteiger partial charge in [-0.1, -0.05) is 43.5 Å². The van der Waals surface area contributed by atoms with Gasteiger partial charge in [-0.05, 0) is 36.3 Å². The summed E-state index contributed by atoms with van der Waals surface area (Å²) in [5.41, 5.74) is 1.98. The second-order valence-corrected chi connectivity index (χ2v) is 6.56. The van der Waals surface area contributed by atoms with E-state index < -0.39 is 0 Å². The van der Waals surface area contributed by atoms with Gasteiger partial charge in [0.05, 0.1) is 13.2 Å². The molecule has 0 saturated heterocycles. The van der Waals surface area contributed by atoms with Crippen LogP contribution in [0, 0.1) is 5.92 Å². The van der Waals surface area contributed by atoms with Crippen molar-refractivity contribution in [3.8, 4) is 0 Å². The molecule has 24 heavy (non-hydrogen) atoms. The van der Waals surface area contributed by atoms with E-state index in [4.69, 9.17) is 5.11 Å². The zero-order valence-corrected chi connectivity index (χ0v) is 14.2. The Hall–Kier alpha value is -1.88. The largest absolute Gasteiger partial charge is 0.392 e. The number of aliphatic hydroxyl groups is 1. The topological polar surface area (TPSA) is 78.4 Å². The van der Waals surface area contributed by atoms with Crippen LogP contribution in [0.2, 0.25) is 0 Å². The van der Waals surface area contributed by atoms with Crippen LogP contribution in [0.15, 0.2) is 24.3 Å². The highest BCUT2D eigenvalue weighted by atomic mass is 16.3. The average molecular weight is 332 g/mol. The molecule has 1 aromatic rings. The molecule has 0 heterocycles. The van der Waals surface area contributed by atoms with Gasteiger partial charge in [0, 0.05) is 13.0 Å². The third-order valence-corrected chi connectivity index (χ3v) is 4.59. The number of carbonyl (C=O) groups excluding carboxylic acids is 2. The molecule has 0 atom stereocenters. The summed E-state index contributed by atoms with van der Waals surface area (Å²) < 4.78 is 0. The zero-order valence-electron chi connectivity index (χ0n) is 14.2. The molecular weight excluding hydrogens is 304 g/mol. The molecule has 1 aliphatic carbocycles. The summed E-state index contributed by atoms with van der Waals surface area (Å²) in [6, 6.07) is 7.65. The van der Waals surface area contributed by atoms with Crippen LogP contribution in [-0.2, 0) is 22.6 Å². The average Bonchev–Trinajstić information content (AvgIpc) is 2.61. The van der Waals surface area contributed by atoms with Gasteiger partial charge in [0.2, 0.25) is 11.8 Å². The normalized spacial score (nSPS) is 15.0. The van der Waals surface area contributed by atoms with Crippen LogP contribution in [0.4, 0.5) is 0 Å². The molecule has 132 valence electrons. The number of hydrogen-bond acceptors (Lipinski definition) is 3. The Labute approximate surface area is 143 Å². The Morgan fingerprint density at radius 2 is 1.62 bits per heavy atom. The van der Waals surface area contributed by atoms with Gasteiger partial charge in [0.15, 0.2) is 0 Å². The first-order valence-corrected chi connectivity index (χ1v) is 8.89. The Kier molecular flexibility index (Phi) is 7.75. The molecule has 0 unspecified atom stereocenters. The lowest BCUT2D eigenvalue weighted by Crippen LogP contribution is -2.38. The predicted octanol–water partition coefficient (Wildman–Crippen LogP) is 1.92. The van der Waals surface area contributed by atoms with Crippen LogP contribution < -0.4 is 10.6 Å². The van der Waals surface area contributed by atoms with Gasteiger partial charge < -0.3 is 15.7 Å². The molecule has 0 radical (unpaired) electrons. The first kappa shape index (κ1) is 18.5. The number of hydrogen-bond donors (Lipinski definition) is 3. The molecule has 5 nitrogen and oxygen atoms in total. The van der Waals surface area contributed by atoms with Crippen molar-refractivity contribution in [3.63, 3.8) is 0 Å². The molecular formula is C19H28N2O3. The van der Waals surface area contributed by atoms with Gasteiger partial charge in [-0.3, -0.25) is 9.59 Å². The van der Waals surface area contributed by atoms with E-state index in [0.717, 1.165) is 30.4 Å². The quantitative estimate of drug-likeness (QED) is 0.680. The van der Waals surface area contributed by atoms with E-state index in [0.29, 0.717) is 18.9 Å². The first-order valence-electron chi connectivity index (χ1n) is 8.89. The van der Waals surface area contributed by atoms with E-state index >= 15 is 0 Å². The predicted molar refractivity (Wildman–Crippen MR) is 93.3 cm³/mol. The van der Waals surface area contributed by atoms with Crippen molar-refractivity contribution in [3.05, 3.63) is 35.4 Å². The molecule has 0 aromatic heterocycles. The number of benzene rings is 1. The highest BCUT2D eigenvalue weighted by molar-refractivity contribution is 5.84. The van der Waals surface area contributed by atoms with Crippen LogP contribution in [0.3, 0.4) is 0 Å². The maximum Gasteiger partial charge on any atom is 0.239 e. The van der Waals surface area contributed by atoms with E-state index in [-0.39, 0.29) is 25.0 Å². The Morgan fingerprint density at radius 1 is 0.958 bits per heavy atom. The van der Waals surface area contributed by atoms with Crippen LogP contribution in [0.25, 0.3) is 0 Å². The lowest BCUT2D eigenvalue weighted by atomic mass is 9.87. The first-order chi connectivity index (χ1) is 11.7. The van der Waals surface area contributed by atoms with E-state index in [1.54, 1.807) is 0 Å². The fourth-order valence-electron chi connectivity index (χ4n) is 3.12. The van der Waals surface area contributed by atoms with Crippen molar-refractivity contribution in [1.82, 2.24) is 10.6 Å². The molecule has 0 aliphatic heterocycles. The van der Waals surface area contributed by atoms with E-state index in [1.807, 2.05) is 24.3 Å². The molecule has 1 aromatic carbocycles. The van der Waals surface area contributed by atoms with Crippen molar-refractivity contribution >= 4 is 11.8 Å². The van der Waals surface area contributed by atoms with Crippen LogP contribution in [0.5, 0.6) is 0 Å². The number of aliphatic hydroxyl groups excluding tert-OH is 1. The summed E-state index contributed by atoms with van der Waals surface area (Å²) in [5, 5.41) is 14.5. The minimum absolute atomic E-state index is 0.0170. The van der Waals surface area contributed by atoms with Crippen molar-refractivity contribution in [2.45, 2.75) is 51.6 Å². The fourth-order valence-corrected chi connectivity index (χ4v) is 3.12. The number of nitrogens with one attached hydrogen (secondary N) is 2. The van der Waals surface area contributed by atoms with Crippen LogP contribution >= 0.6 is 0 Å². The van der Waals surface area contributed by atoms with Crippen molar-refractivity contribution in [1.29, 1.82) is 0 Å². The molecule has 2 rings (SSSR count). The standard InChI is InChI=1S/C19H28N2O3/c22-14-17-8-6-15(7-9-17)10-11-20-19(24)13-21-18(23)12-16-4-2-1-3-5-16/h6-9,16,22H,1-5,10-14H2,(H,20,24)(H,21,23). The van der Waals surface area contributed by atoms with Gasteiger partial charge >= 0.3 is 0 Å². The van der Waals surface area contributed by atoms with E-state index in [2.05, 4.69) is 10.6 Å². The second-order valence-electron chi connectivity index (χ2n) is 6.56. The minimum Gasteiger partial charge on any atom is -0.392 e. The Bertz CT molecular complexity index is 522. The number of carbonyl (C=O) groups is 2.